The lowest BCUT2D eigenvalue weighted by atomic mass is 10.2. The summed E-state index contributed by atoms with van der Waals surface area (Å²) in [6.45, 7) is 0. The first kappa shape index (κ1) is 21.3. The minimum Gasteiger partial charge on any atom is -0.455 e. The van der Waals surface area contributed by atoms with Crippen molar-refractivity contribution < 1.29 is 17.9 Å². The molecule has 0 radical (unpaired) electrons. The first-order valence-corrected chi connectivity index (χ1v) is 11.1. The van der Waals surface area contributed by atoms with Crippen LogP contribution in [0.3, 0.4) is 0 Å². The van der Waals surface area contributed by atoms with Gasteiger partial charge in [0.1, 0.15) is 5.75 Å². The Morgan fingerprint density at radius 2 is 1.57 bits per heavy atom. The molecule has 0 aliphatic carbocycles. The number of sulfonamides is 1. The molecule has 0 aliphatic heterocycles. The summed E-state index contributed by atoms with van der Waals surface area (Å²) in [5.41, 5.74) is 1.15. The molecule has 0 spiro atoms. The van der Waals surface area contributed by atoms with Crippen LogP contribution in [0.1, 0.15) is 10.4 Å². The van der Waals surface area contributed by atoms with Crippen LogP contribution in [-0.2, 0) is 10.0 Å². The van der Waals surface area contributed by atoms with E-state index in [1.54, 1.807) is 54.6 Å². The SMILES string of the molecule is CS(=O)(=O)Nc1ccc(Oc2ccccc2)c(NC(=S)NC(=O)c2ccccc2)c1. The highest BCUT2D eigenvalue weighted by Gasteiger charge is 2.13. The number of hydrogen-bond donors (Lipinski definition) is 3. The number of carbonyl (C=O) groups is 1. The Morgan fingerprint density at radius 3 is 2.20 bits per heavy atom. The third kappa shape index (κ3) is 6.29. The summed E-state index contributed by atoms with van der Waals surface area (Å²) in [4.78, 5) is 12.3. The molecule has 3 aromatic rings. The van der Waals surface area contributed by atoms with Crippen molar-refractivity contribution in [1.82, 2.24) is 5.32 Å². The molecule has 0 atom stereocenters. The van der Waals surface area contributed by atoms with E-state index in [-0.39, 0.29) is 11.0 Å². The van der Waals surface area contributed by atoms with Gasteiger partial charge in [0.2, 0.25) is 10.0 Å². The summed E-state index contributed by atoms with van der Waals surface area (Å²) in [7, 11) is -3.47. The molecule has 0 bridgehead atoms. The smallest absolute Gasteiger partial charge is 0.257 e. The number of anilines is 2. The Bertz CT molecular complexity index is 1150. The Balaban J connectivity index is 1.82. The van der Waals surface area contributed by atoms with E-state index in [1.165, 1.54) is 6.07 Å². The molecule has 154 valence electrons. The van der Waals surface area contributed by atoms with Gasteiger partial charge in [-0.3, -0.25) is 14.8 Å². The summed E-state index contributed by atoms with van der Waals surface area (Å²) < 4.78 is 31.4. The van der Waals surface area contributed by atoms with Crippen LogP contribution in [0.5, 0.6) is 11.5 Å². The number of rotatable bonds is 6. The average molecular weight is 442 g/mol. The van der Waals surface area contributed by atoms with E-state index >= 15 is 0 Å². The topological polar surface area (TPSA) is 96.5 Å². The van der Waals surface area contributed by atoms with Gasteiger partial charge in [0.15, 0.2) is 10.9 Å². The molecule has 0 unspecified atom stereocenters. The number of benzene rings is 3. The van der Waals surface area contributed by atoms with Gasteiger partial charge in [-0.2, -0.15) is 0 Å². The van der Waals surface area contributed by atoms with Gasteiger partial charge < -0.3 is 10.1 Å². The lowest BCUT2D eigenvalue weighted by molar-refractivity contribution is 0.0977. The fourth-order valence-electron chi connectivity index (χ4n) is 2.53. The number of hydrogen-bond acceptors (Lipinski definition) is 5. The maximum atomic E-state index is 12.3. The van der Waals surface area contributed by atoms with Crippen molar-refractivity contribution in [3.05, 3.63) is 84.4 Å². The first-order chi connectivity index (χ1) is 14.3. The summed E-state index contributed by atoms with van der Waals surface area (Å²) in [5, 5.41) is 5.53. The molecule has 3 aromatic carbocycles. The van der Waals surface area contributed by atoms with Crippen molar-refractivity contribution in [1.29, 1.82) is 0 Å². The Labute approximate surface area is 180 Å². The van der Waals surface area contributed by atoms with E-state index in [1.807, 2.05) is 18.2 Å². The highest BCUT2D eigenvalue weighted by atomic mass is 32.2. The average Bonchev–Trinajstić information content (AvgIpc) is 2.70. The third-order valence-corrected chi connectivity index (χ3v) is 4.58. The molecule has 0 aliphatic rings. The second kappa shape index (κ2) is 9.38. The highest BCUT2D eigenvalue weighted by Crippen LogP contribution is 2.32. The number of nitrogens with one attached hydrogen (secondary N) is 3. The van der Waals surface area contributed by atoms with Crippen LogP contribution >= 0.6 is 12.2 Å². The van der Waals surface area contributed by atoms with E-state index in [4.69, 9.17) is 17.0 Å². The Morgan fingerprint density at radius 1 is 0.933 bits per heavy atom. The molecule has 30 heavy (non-hydrogen) atoms. The Kier molecular flexibility index (Phi) is 6.65. The van der Waals surface area contributed by atoms with E-state index in [0.717, 1.165) is 6.26 Å². The second-order valence-electron chi connectivity index (χ2n) is 6.27. The van der Waals surface area contributed by atoms with Gasteiger partial charge in [-0.1, -0.05) is 36.4 Å². The van der Waals surface area contributed by atoms with Crippen LogP contribution in [0.15, 0.2) is 78.9 Å². The molecular weight excluding hydrogens is 422 g/mol. The van der Waals surface area contributed by atoms with Crippen molar-refractivity contribution in [3.8, 4) is 11.5 Å². The van der Waals surface area contributed by atoms with E-state index in [9.17, 15) is 13.2 Å². The van der Waals surface area contributed by atoms with Gasteiger partial charge in [0.05, 0.1) is 17.6 Å². The third-order valence-electron chi connectivity index (χ3n) is 3.77. The van der Waals surface area contributed by atoms with Gasteiger partial charge in [0.25, 0.3) is 5.91 Å². The standard InChI is InChI=1S/C21H19N3O4S2/c1-30(26,27)24-16-12-13-19(28-17-10-6-3-7-11-17)18(14-16)22-21(29)23-20(25)15-8-4-2-5-9-15/h2-14,24H,1H3,(H2,22,23,25,29). The van der Waals surface area contributed by atoms with Crippen LogP contribution in [0.4, 0.5) is 11.4 Å². The fraction of sp³-hybridized carbons (Fsp3) is 0.0476. The molecule has 1 amide bonds. The van der Waals surface area contributed by atoms with Gasteiger partial charge in [-0.15, -0.1) is 0 Å². The maximum absolute atomic E-state index is 12.3. The molecule has 0 fully saturated rings. The van der Waals surface area contributed by atoms with Crippen LogP contribution < -0.4 is 20.1 Å². The van der Waals surface area contributed by atoms with Crippen molar-refractivity contribution in [2.75, 3.05) is 16.3 Å². The van der Waals surface area contributed by atoms with E-state index in [0.29, 0.717) is 28.4 Å². The summed E-state index contributed by atoms with van der Waals surface area (Å²) in [6, 6.07) is 22.4. The number of carbonyl (C=O) groups excluding carboxylic acids is 1. The predicted octanol–water partition coefficient (Wildman–Crippen LogP) is 3.98. The van der Waals surface area contributed by atoms with Gasteiger partial charge in [-0.25, -0.2) is 8.42 Å². The minimum atomic E-state index is -3.47. The van der Waals surface area contributed by atoms with Crippen molar-refractivity contribution >= 4 is 44.6 Å². The van der Waals surface area contributed by atoms with Crippen molar-refractivity contribution in [3.63, 3.8) is 0 Å². The van der Waals surface area contributed by atoms with Gasteiger partial charge in [0, 0.05) is 5.56 Å². The van der Waals surface area contributed by atoms with Gasteiger partial charge in [-0.05, 0) is 54.7 Å². The number of ether oxygens (including phenoxy) is 1. The molecule has 9 heteroatoms. The zero-order valence-electron chi connectivity index (χ0n) is 16.0. The number of amides is 1. The van der Waals surface area contributed by atoms with Crippen molar-refractivity contribution in [2.45, 2.75) is 0 Å². The van der Waals surface area contributed by atoms with Crippen LogP contribution in [-0.4, -0.2) is 25.7 Å². The molecule has 3 N–H and O–H groups in total. The van der Waals surface area contributed by atoms with E-state index in [2.05, 4.69) is 15.4 Å². The van der Waals surface area contributed by atoms with Crippen LogP contribution in [0.2, 0.25) is 0 Å². The van der Waals surface area contributed by atoms with Crippen LogP contribution in [0, 0.1) is 0 Å². The van der Waals surface area contributed by atoms with Crippen molar-refractivity contribution in [2.24, 2.45) is 0 Å². The zero-order valence-corrected chi connectivity index (χ0v) is 17.6. The number of thiocarbonyl (C=S) groups is 1. The summed E-state index contributed by atoms with van der Waals surface area (Å²) in [6.07, 6.45) is 1.05. The molecular formula is C21H19N3O4S2. The molecule has 0 aromatic heterocycles. The highest BCUT2D eigenvalue weighted by molar-refractivity contribution is 7.92. The molecule has 0 saturated carbocycles. The fourth-order valence-corrected chi connectivity index (χ4v) is 3.29. The summed E-state index contributed by atoms with van der Waals surface area (Å²) >= 11 is 5.25. The normalized spacial score (nSPS) is 10.7. The molecule has 7 nitrogen and oxygen atoms in total. The largest absolute Gasteiger partial charge is 0.455 e. The number of para-hydroxylation sites is 1. The molecule has 0 saturated heterocycles. The van der Waals surface area contributed by atoms with E-state index < -0.39 is 10.0 Å². The minimum absolute atomic E-state index is 0.0401. The molecule has 3 rings (SSSR count). The molecule has 0 heterocycles. The predicted molar refractivity (Wildman–Crippen MR) is 122 cm³/mol. The second-order valence-corrected chi connectivity index (χ2v) is 8.43. The van der Waals surface area contributed by atoms with Crippen LogP contribution in [0.25, 0.3) is 0 Å². The lowest BCUT2D eigenvalue weighted by Crippen LogP contribution is -2.34. The maximum Gasteiger partial charge on any atom is 0.257 e. The lowest BCUT2D eigenvalue weighted by Gasteiger charge is -2.16. The zero-order chi connectivity index (χ0) is 21.6. The Hall–Kier alpha value is -3.43. The quantitative estimate of drug-likeness (QED) is 0.501. The first-order valence-electron chi connectivity index (χ1n) is 8.82. The monoisotopic (exact) mass is 441 g/mol. The summed E-state index contributed by atoms with van der Waals surface area (Å²) in [5.74, 6) is 0.615. The van der Waals surface area contributed by atoms with Gasteiger partial charge >= 0.3 is 0 Å².